The molecule has 0 N–H and O–H groups in total. The molecule has 0 saturated heterocycles. The van der Waals surface area contributed by atoms with E-state index in [1.54, 1.807) is 7.11 Å². The van der Waals surface area contributed by atoms with Crippen LogP contribution in [0.4, 0.5) is 0 Å². The highest BCUT2D eigenvalue weighted by molar-refractivity contribution is 5.34. The standard InChI is InChI=1S/C7H11NO2/c1-10-6-4-2-3-5-8-7-9/h3,5H,2,4,6H2,1H3/b5-3-. The summed E-state index contributed by atoms with van der Waals surface area (Å²) in [6, 6.07) is 0. The summed E-state index contributed by atoms with van der Waals surface area (Å²) in [6.07, 6.45) is 6.52. The zero-order valence-electron chi connectivity index (χ0n) is 6.04. The molecule has 0 aliphatic heterocycles. The molecule has 56 valence electrons. The smallest absolute Gasteiger partial charge is 0.239 e. The van der Waals surface area contributed by atoms with E-state index in [1.807, 2.05) is 6.08 Å². The molecule has 0 atom stereocenters. The topological polar surface area (TPSA) is 38.7 Å². The molecule has 0 aromatic rings. The van der Waals surface area contributed by atoms with Crippen LogP contribution in [-0.2, 0) is 9.53 Å². The number of ether oxygens (including phenoxy) is 1. The van der Waals surface area contributed by atoms with Crippen molar-refractivity contribution in [3.8, 4) is 0 Å². The first kappa shape index (κ1) is 9.08. The van der Waals surface area contributed by atoms with E-state index in [0.29, 0.717) is 0 Å². The number of aliphatic imine (C=N–C) groups is 1. The molecule has 3 heteroatoms. The van der Waals surface area contributed by atoms with Gasteiger partial charge >= 0.3 is 0 Å². The van der Waals surface area contributed by atoms with E-state index in [4.69, 9.17) is 4.74 Å². The Labute approximate surface area is 60.4 Å². The predicted octanol–water partition coefficient (Wildman–Crippen LogP) is 1.26. The second kappa shape index (κ2) is 8.08. The van der Waals surface area contributed by atoms with Crippen molar-refractivity contribution in [3.63, 3.8) is 0 Å². The number of unbranched alkanes of at least 4 members (excludes halogenated alkanes) is 1. The zero-order valence-corrected chi connectivity index (χ0v) is 6.04. The lowest BCUT2D eigenvalue weighted by Crippen LogP contribution is -1.85. The minimum atomic E-state index is 0.745. The number of nitrogens with zero attached hydrogens (tertiary/aromatic N) is 1. The largest absolute Gasteiger partial charge is 0.385 e. The lowest BCUT2D eigenvalue weighted by atomic mass is 10.3. The van der Waals surface area contributed by atoms with E-state index in [0.717, 1.165) is 19.4 Å². The predicted molar refractivity (Wildman–Crippen MR) is 38.4 cm³/mol. The minimum absolute atomic E-state index is 0.745. The maximum atomic E-state index is 9.53. The van der Waals surface area contributed by atoms with Crippen molar-refractivity contribution in [1.29, 1.82) is 0 Å². The van der Waals surface area contributed by atoms with Crippen LogP contribution in [0, 0.1) is 0 Å². The van der Waals surface area contributed by atoms with Crippen molar-refractivity contribution in [3.05, 3.63) is 12.3 Å². The van der Waals surface area contributed by atoms with Gasteiger partial charge in [0.2, 0.25) is 6.08 Å². The van der Waals surface area contributed by atoms with Crippen molar-refractivity contribution in [2.45, 2.75) is 12.8 Å². The van der Waals surface area contributed by atoms with Crippen LogP contribution < -0.4 is 0 Å². The number of isocyanates is 1. The van der Waals surface area contributed by atoms with E-state index < -0.39 is 0 Å². The van der Waals surface area contributed by atoms with Gasteiger partial charge in [0.05, 0.1) is 0 Å². The third-order valence-corrected chi connectivity index (χ3v) is 0.952. The van der Waals surface area contributed by atoms with Gasteiger partial charge in [0.15, 0.2) is 0 Å². The van der Waals surface area contributed by atoms with Crippen LogP contribution in [0.25, 0.3) is 0 Å². The molecule has 0 aliphatic carbocycles. The fourth-order valence-electron chi connectivity index (χ4n) is 0.503. The Morgan fingerprint density at radius 2 is 2.50 bits per heavy atom. The van der Waals surface area contributed by atoms with Crippen molar-refractivity contribution < 1.29 is 9.53 Å². The Kier molecular flexibility index (Phi) is 7.34. The first-order valence-electron chi connectivity index (χ1n) is 3.12. The van der Waals surface area contributed by atoms with Crippen molar-refractivity contribution in [2.75, 3.05) is 13.7 Å². The lowest BCUT2D eigenvalue weighted by molar-refractivity contribution is 0.196. The van der Waals surface area contributed by atoms with E-state index in [1.165, 1.54) is 12.3 Å². The summed E-state index contributed by atoms with van der Waals surface area (Å²) < 4.78 is 4.81. The van der Waals surface area contributed by atoms with E-state index in [2.05, 4.69) is 4.99 Å². The number of hydrogen-bond donors (Lipinski definition) is 0. The Balaban J connectivity index is 3.10. The molecule has 0 aromatic heterocycles. The van der Waals surface area contributed by atoms with Crippen LogP contribution in [0.5, 0.6) is 0 Å². The van der Waals surface area contributed by atoms with Gasteiger partial charge in [-0.1, -0.05) is 6.08 Å². The third kappa shape index (κ3) is 7.08. The van der Waals surface area contributed by atoms with Crippen molar-refractivity contribution in [1.82, 2.24) is 0 Å². The number of allylic oxidation sites excluding steroid dienone is 1. The van der Waals surface area contributed by atoms with Gasteiger partial charge in [-0.2, -0.15) is 4.99 Å². The van der Waals surface area contributed by atoms with Gasteiger partial charge in [-0.25, -0.2) is 4.79 Å². The molecular weight excluding hydrogens is 130 g/mol. The summed E-state index contributed by atoms with van der Waals surface area (Å²) in [4.78, 5) is 12.8. The van der Waals surface area contributed by atoms with E-state index >= 15 is 0 Å². The summed E-state index contributed by atoms with van der Waals surface area (Å²) in [6.45, 7) is 0.745. The Morgan fingerprint density at radius 1 is 1.70 bits per heavy atom. The SMILES string of the molecule is COCCC/C=C\N=C=O. The molecule has 0 radical (unpaired) electrons. The molecule has 0 rings (SSSR count). The number of hydrogen-bond acceptors (Lipinski definition) is 3. The zero-order chi connectivity index (χ0) is 7.66. The highest BCUT2D eigenvalue weighted by atomic mass is 16.5. The van der Waals surface area contributed by atoms with Gasteiger partial charge in [0.25, 0.3) is 0 Å². The normalized spacial score (nSPS) is 9.70. The van der Waals surface area contributed by atoms with Crippen LogP contribution in [-0.4, -0.2) is 19.8 Å². The Morgan fingerprint density at radius 3 is 3.10 bits per heavy atom. The molecule has 0 amide bonds. The highest BCUT2D eigenvalue weighted by Crippen LogP contribution is 1.90. The number of rotatable bonds is 5. The van der Waals surface area contributed by atoms with Crippen LogP contribution in [0.15, 0.2) is 17.3 Å². The number of carbonyl (C=O) groups excluding carboxylic acids is 1. The van der Waals surface area contributed by atoms with Crippen LogP contribution in [0.3, 0.4) is 0 Å². The van der Waals surface area contributed by atoms with Gasteiger partial charge in [-0.3, -0.25) is 0 Å². The molecule has 0 unspecified atom stereocenters. The summed E-state index contributed by atoms with van der Waals surface area (Å²) in [7, 11) is 1.66. The third-order valence-electron chi connectivity index (χ3n) is 0.952. The molecule has 0 heterocycles. The molecule has 0 spiro atoms. The Hall–Kier alpha value is -0.920. The van der Waals surface area contributed by atoms with Gasteiger partial charge in [0.1, 0.15) is 0 Å². The van der Waals surface area contributed by atoms with Gasteiger partial charge in [0, 0.05) is 19.9 Å². The first-order chi connectivity index (χ1) is 4.91. The van der Waals surface area contributed by atoms with Crippen molar-refractivity contribution >= 4 is 6.08 Å². The fourth-order valence-corrected chi connectivity index (χ4v) is 0.503. The average molecular weight is 141 g/mol. The molecule has 10 heavy (non-hydrogen) atoms. The second-order valence-electron chi connectivity index (χ2n) is 1.74. The average Bonchev–Trinajstić information content (AvgIpc) is 1.97. The summed E-state index contributed by atoms with van der Waals surface area (Å²) in [5, 5.41) is 0. The summed E-state index contributed by atoms with van der Waals surface area (Å²) in [5.41, 5.74) is 0. The molecule has 0 aromatic carbocycles. The summed E-state index contributed by atoms with van der Waals surface area (Å²) in [5.74, 6) is 0. The molecule has 0 bridgehead atoms. The van der Waals surface area contributed by atoms with Crippen LogP contribution in [0.1, 0.15) is 12.8 Å². The van der Waals surface area contributed by atoms with Gasteiger partial charge in [-0.15, -0.1) is 0 Å². The molecule has 0 aliphatic rings. The van der Waals surface area contributed by atoms with E-state index in [9.17, 15) is 4.79 Å². The van der Waals surface area contributed by atoms with Gasteiger partial charge in [-0.05, 0) is 12.8 Å². The quantitative estimate of drug-likeness (QED) is 0.328. The van der Waals surface area contributed by atoms with E-state index in [-0.39, 0.29) is 0 Å². The minimum Gasteiger partial charge on any atom is -0.385 e. The van der Waals surface area contributed by atoms with Crippen LogP contribution >= 0.6 is 0 Å². The molecule has 3 nitrogen and oxygen atoms in total. The summed E-state index contributed by atoms with van der Waals surface area (Å²) >= 11 is 0. The first-order valence-corrected chi connectivity index (χ1v) is 3.12. The molecule has 0 fully saturated rings. The maximum absolute atomic E-state index is 9.53. The second-order valence-corrected chi connectivity index (χ2v) is 1.74. The Bertz CT molecular complexity index is 137. The van der Waals surface area contributed by atoms with Crippen LogP contribution in [0.2, 0.25) is 0 Å². The lowest BCUT2D eigenvalue weighted by Gasteiger charge is -1.91. The monoisotopic (exact) mass is 141 g/mol. The fraction of sp³-hybridized carbons (Fsp3) is 0.571. The molecule has 0 saturated carbocycles. The highest BCUT2D eigenvalue weighted by Gasteiger charge is 1.79. The van der Waals surface area contributed by atoms with Gasteiger partial charge < -0.3 is 4.74 Å². The van der Waals surface area contributed by atoms with Crippen molar-refractivity contribution in [2.24, 2.45) is 4.99 Å². The molecular formula is C7H11NO2. The maximum Gasteiger partial charge on any atom is 0.239 e. The number of methoxy groups -OCH3 is 1.